The number of carboxylic acids is 1. The van der Waals surface area contributed by atoms with Gasteiger partial charge in [-0.05, 0) is 30.7 Å². The van der Waals surface area contributed by atoms with Crippen molar-refractivity contribution in [1.82, 2.24) is 5.32 Å². The minimum absolute atomic E-state index is 0.0749. The number of hydrogen-bond donors (Lipinski definition) is 2. The Morgan fingerprint density at radius 1 is 1.30 bits per heavy atom. The zero-order valence-electron chi connectivity index (χ0n) is 11.8. The summed E-state index contributed by atoms with van der Waals surface area (Å²) in [5.41, 5.74) is 0.740. The van der Waals surface area contributed by atoms with Gasteiger partial charge in [-0.2, -0.15) is 0 Å². The van der Waals surface area contributed by atoms with Crippen LogP contribution in [0.15, 0.2) is 30.3 Å². The minimum Gasteiger partial charge on any atom is -0.481 e. The highest BCUT2D eigenvalue weighted by Crippen LogP contribution is 2.48. The van der Waals surface area contributed by atoms with Crippen LogP contribution in [-0.2, 0) is 15.0 Å². The van der Waals surface area contributed by atoms with Gasteiger partial charge in [-0.15, -0.1) is 0 Å². The quantitative estimate of drug-likeness (QED) is 0.802. The number of benzene rings is 1. The van der Waals surface area contributed by atoms with Crippen LogP contribution in [0, 0.1) is 5.92 Å². The van der Waals surface area contributed by atoms with E-state index in [1.165, 1.54) is 0 Å². The number of aliphatic carboxylic acids is 1. The molecule has 20 heavy (non-hydrogen) atoms. The molecule has 0 heterocycles. The maximum absolute atomic E-state index is 12.3. The maximum Gasteiger partial charge on any atom is 0.303 e. The van der Waals surface area contributed by atoms with Crippen molar-refractivity contribution in [2.24, 2.45) is 5.92 Å². The van der Waals surface area contributed by atoms with Crippen LogP contribution in [0.3, 0.4) is 0 Å². The average molecular weight is 275 g/mol. The second-order valence-corrected chi connectivity index (χ2v) is 5.70. The Morgan fingerprint density at radius 3 is 2.50 bits per heavy atom. The molecule has 1 aliphatic carbocycles. The average Bonchev–Trinajstić information content (AvgIpc) is 3.25. The largest absolute Gasteiger partial charge is 0.481 e. The van der Waals surface area contributed by atoms with E-state index < -0.39 is 5.97 Å². The molecule has 0 saturated heterocycles. The van der Waals surface area contributed by atoms with Crippen molar-refractivity contribution in [2.75, 3.05) is 6.54 Å². The van der Waals surface area contributed by atoms with Gasteiger partial charge in [0, 0.05) is 13.0 Å². The van der Waals surface area contributed by atoms with Gasteiger partial charge in [0.25, 0.3) is 0 Å². The first-order valence-electron chi connectivity index (χ1n) is 7.10. The molecule has 4 heteroatoms. The van der Waals surface area contributed by atoms with Gasteiger partial charge in [-0.25, -0.2) is 0 Å². The van der Waals surface area contributed by atoms with E-state index in [-0.39, 0.29) is 23.7 Å². The molecule has 108 valence electrons. The first-order chi connectivity index (χ1) is 9.54. The van der Waals surface area contributed by atoms with Crippen molar-refractivity contribution in [1.29, 1.82) is 0 Å². The molecule has 4 nitrogen and oxygen atoms in total. The first kappa shape index (κ1) is 14.6. The topological polar surface area (TPSA) is 66.4 Å². The molecular weight excluding hydrogens is 254 g/mol. The Morgan fingerprint density at radius 2 is 1.95 bits per heavy atom. The summed E-state index contributed by atoms with van der Waals surface area (Å²) in [7, 11) is 0. The Balaban J connectivity index is 1.85. The Bertz CT molecular complexity index is 480. The van der Waals surface area contributed by atoms with Gasteiger partial charge in [0.15, 0.2) is 0 Å². The van der Waals surface area contributed by atoms with Crippen LogP contribution in [0.25, 0.3) is 0 Å². The molecular formula is C16H21NO3. The number of rotatable bonds is 7. The third-order valence-electron chi connectivity index (χ3n) is 3.97. The zero-order valence-corrected chi connectivity index (χ0v) is 11.8. The molecule has 1 unspecified atom stereocenters. The minimum atomic E-state index is -0.786. The normalized spacial score (nSPS) is 17.2. The Labute approximate surface area is 119 Å². The second kappa shape index (κ2) is 6.07. The zero-order chi connectivity index (χ0) is 14.6. The van der Waals surface area contributed by atoms with Gasteiger partial charge in [0.1, 0.15) is 0 Å². The van der Waals surface area contributed by atoms with Crippen molar-refractivity contribution in [3.63, 3.8) is 0 Å². The number of carbonyl (C=O) groups excluding carboxylic acids is 1. The fourth-order valence-electron chi connectivity index (χ4n) is 2.44. The molecule has 1 atom stereocenters. The van der Waals surface area contributed by atoms with Crippen LogP contribution < -0.4 is 5.32 Å². The molecule has 0 aliphatic heterocycles. The number of amides is 1. The number of carboxylic acid groups (broad SMARTS) is 1. The van der Waals surface area contributed by atoms with E-state index in [1.54, 1.807) is 0 Å². The standard InChI is InChI=1S/C16H21NO3/c1-12(7-8-14(18)19)11-17-15(20)16(9-10-16)13-5-3-2-4-6-13/h2-6,12H,7-11H2,1H3,(H,17,20)(H,18,19). The summed E-state index contributed by atoms with van der Waals surface area (Å²) in [4.78, 5) is 22.9. The molecule has 0 radical (unpaired) electrons. The van der Waals surface area contributed by atoms with Crippen LogP contribution in [-0.4, -0.2) is 23.5 Å². The van der Waals surface area contributed by atoms with Gasteiger partial charge in [-0.3, -0.25) is 9.59 Å². The van der Waals surface area contributed by atoms with Crippen molar-refractivity contribution in [3.05, 3.63) is 35.9 Å². The highest BCUT2D eigenvalue weighted by atomic mass is 16.4. The highest BCUT2D eigenvalue weighted by molar-refractivity contribution is 5.91. The van der Waals surface area contributed by atoms with Crippen LogP contribution in [0.2, 0.25) is 0 Å². The van der Waals surface area contributed by atoms with Crippen LogP contribution >= 0.6 is 0 Å². The van der Waals surface area contributed by atoms with Crippen molar-refractivity contribution < 1.29 is 14.7 Å². The van der Waals surface area contributed by atoms with Gasteiger partial charge in [0.2, 0.25) is 5.91 Å². The summed E-state index contributed by atoms with van der Waals surface area (Å²) < 4.78 is 0. The lowest BCUT2D eigenvalue weighted by molar-refractivity contribution is -0.137. The lowest BCUT2D eigenvalue weighted by Crippen LogP contribution is -2.37. The van der Waals surface area contributed by atoms with Crippen LogP contribution in [0.1, 0.15) is 38.2 Å². The molecule has 0 bridgehead atoms. The number of hydrogen-bond acceptors (Lipinski definition) is 2. The molecule has 1 amide bonds. The molecule has 2 N–H and O–H groups in total. The fourth-order valence-corrected chi connectivity index (χ4v) is 2.44. The summed E-state index contributed by atoms with van der Waals surface area (Å²) in [5.74, 6) is -0.529. The number of carbonyl (C=O) groups is 2. The summed E-state index contributed by atoms with van der Waals surface area (Å²) in [5, 5.41) is 11.6. The van der Waals surface area contributed by atoms with Gasteiger partial charge >= 0.3 is 5.97 Å². The van der Waals surface area contributed by atoms with E-state index in [0.29, 0.717) is 13.0 Å². The third kappa shape index (κ3) is 3.38. The summed E-state index contributed by atoms with van der Waals surface area (Å²) in [6.45, 7) is 2.51. The SMILES string of the molecule is CC(CCC(=O)O)CNC(=O)C1(c2ccccc2)CC1. The van der Waals surface area contributed by atoms with Crippen molar-refractivity contribution in [2.45, 2.75) is 38.0 Å². The molecule has 1 aliphatic rings. The van der Waals surface area contributed by atoms with Crippen molar-refractivity contribution >= 4 is 11.9 Å². The lowest BCUT2D eigenvalue weighted by atomic mass is 9.94. The van der Waals surface area contributed by atoms with Crippen LogP contribution in [0.4, 0.5) is 0 Å². The van der Waals surface area contributed by atoms with Gasteiger partial charge in [-0.1, -0.05) is 37.3 Å². The first-order valence-corrected chi connectivity index (χ1v) is 7.10. The van der Waals surface area contributed by atoms with Crippen LogP contribution in [0.5, 0.6) is 0 Å². The molecule has 1 aromatic carbocycles. The van der Waals surface area contributed by atoms with Crippen molar-refractivity contribution in [3.8, 4) is 0 Å². The van der Waals surface area contributed by atoms with E-state index >= 15 is 0 Å². The molecule has 1 fully saturated rings. The maximum atomic E-state index is 12.3. The van der Waals surface area contributed by atoms with E-state index in [4.69, 9.17) is 5.11 Å². The predicted molar refractivity (Wildman–Crippen MR) is 76.4 cm³/mol. The summed E-state index contributed by atoms with van der Waals surface area (Å²) in [6.07, 6.45) is 2.54. The molecule has 0 aromatic heterocycles. The third-order valence-corrected chi connectivity index (χ3v) is 3.97. The van der Waals surface area contributed by atoms with E-state index in [1.807, 2.05) is 37.3 Å². The number of nitrogens with one attached hydrogen (secondary N) is 1. The van der Waals surface area contributed by atoms with E-state index in [0.717, 1.165) is 18.4 Å². The molecule has 2 rings (SSSR count). The lowest BCUT2D eigenvalue weighted by Gasteiger charge is -2.18. The second-order valence-electron chi connectivity index (χ2n) is 5.70. The summed E-state index contributed by atoms with van der Waals surface area (Å²) in [6, 6.07) is 9.86. The molecule has 1 saturated carbocycles. The monoisotopic (exact) mass is 275 g/mol. The Hall–Kier alpha value is -1.84. The Kier molecular flexibility index (Phi) is 4.42. The fraction of sp³-hybridized carbons (Fsp3) is 0.500. The molecule has 1 aromatic rings. The smallest absolute Gasteiger partial charge is 0.303 e. The highest BCUT2D eigenvalue weighted by Gasteiger charge is 2.50. The van der Waals surface area contributed by atoms with E-state index in [9.17, 15) is 9.59 Å². The predicted octanol–water partition coefficient (Wildman–Crippen LogP) is 2.34. The summed E-state index contributed by atoms with van der Waals surface area (Å²) >= 11 is 0. The van der Waals surface area contributed by atoms with Gasteiger partial charge < -0.3 is 10.4 Å². The molecule has 0 spiro atoms. The van der Waals surface area contributed by atoms with Gasteiger partial charge in [0.05, 0.1) is 5.41 Å². The van der Waals surface area contributed by atoms with E-state index in [2.05, 4.69) is 5.32 Å².